The summed E-state index contributed by atoms with van der Waals surface area (Å²) in [7, 11) is 0. The Morgan fingerprint density at radius 2 is 2.33 bits per heavy atom. The predicted molar refractivity (Wildman–Crippen MR) is 63.3 cm³/mol. The van der Waals surface area contributed by atoms with Crippen LogP contribution >= 0.6 is 0 Å². The van der Waals surface area contributed by atoms with Gasteiger partial charge in [0, 0.05) is 13.1 Å². The highest BCUT2D eigenvalue weighted by Crippen LogP contribution is 2.14. The summed E-state index contributed by atoms with van der Waals surface area (Å²) in [6, 6.07) is 0. The molecule has 8 nitrogen and oxygen atoms in total. The maximum Gasteiger partial charge on any atom is 0.308 e. The number of rotatable bonds is 5. The van der Waals surface area contributed by atoms with Gasteiger partial charge in [0.2, 0.25) is 0 Å². The number of hydrogen-bond donors (Lipinski definition) is 1. The Bertz CT molecular complexity index is 554. The topological polar surface area (TPSA) is 96.5 Å². The van der Waals surface area contributed by atoms with E-state index in [-0.39, 0.29) is 0 Å². The van der Waals surface area contributed by atoms with Crippen molar-refractivity contribution in [1.82, 2.24) is 25.0 Å². The first-order valence-corrected chi connectivity index (χ1v) is 5.63. The van der Waals surface area contributed by atoms with E-state index in [2.05, 4.69) is 20.5 Å². The van der Waals surface area contributed by atoms with E-state index in [1.54, 1.807) is 23.8 Å². The quantitative estimate of drug-likeness (QED) is 0.801. The number of tetrazole rings is 1. The van der Waals surface area contributed by atoms with Gasteiger partial charge in [0.1, 0.15) is 0 Å². The van der Waals surface area contributed by atoms with Gasteiger partial charge in [-0.05, 0) is 17.4 Å². The average Bonchev–Trinajstić information content (AvgIpc) is 2.83. The van der Waals surface area contributed by atoms with Gasteiger partial charge < -0.3 is 10.0 Å². The highest BCUT2D eigenvalue weighted by Gasteiger charge is 2.18. The molecule has 0 saturated carbocycles. The minimum atomic E-state index is -0.828. The molecule has 0 aliphatic rings. The zero-order chi connectivity index (χ0) is 13.1. The summed E-state index contributed by atoms with van der Waals surface area (Å²) in [5.74, 6) is -0.616. The maximum atomic E-state index is 10.9. The fraction of sp³-hybridized carbons (Fsp3) is 0.500. The van der Waals surface area contributed by atoms with E-state index in [1.165, 1.54) is 0 Å². The van der Waals surface area contributed by atoms with Crippen molar-refractivity contribution >= 4 is 17.4 Å². The molecule has 0 aliphatic heterocycles. The number of nitrogens with zero attached hydrogens (tertiary/aromatic N) is 6. The van der Waals surface area contributed by atoms with Gasteiger partial charge in [-0.1, -0.05) is 6.92 Å². The van der Waals surface area contributed by atoms with Crippen LogP contribution in [0.3, 0.4) is 0 Å². The van der Waals surface area contributed by atoms with Crippen molar-refractivity contribution in [1.29, 1.82) is 0 Å². The molecule has 1 atom stereocenters. The summed E-state index contributed by atoms with van der Waals surface area (Å²) < 4.78 is 1.55. The number of fused-ring (bicyclic) bond motifs is 1. The molecule has 1 N–H and O–H groups in total. The summed E-state index contributed by atoms with van der Waals surface area (Å²) in [5, 5.41) is 20.2. The SMILES string of the molecule is CCN(CC(C)C(=O)O)c1cncc2nnnn12. The molecule has 0 amide bonds. The monoisotopic (exact) mass is 250 g/mol. The minimum Gasteiger partial charge on any atom is -0.481 e. The summed E-state index contributed by atoms with van der Waals surface area (Å²) in [4.78, 5) is 16.8. The van der Waals surface area contributed by atoms with E-state index in [4.69, 9.17) is 5.11 Å². The second-order valence-corrected chi connectivity index (χ2v) is 3.99. The van der Waals surface area contributed by atoms with Crippen molar-refractivity contribution in [2.24, 2.45) is 5.92 Å². The van der Waals surface area contributed by atoms with E-state index >= 15 is 0 Å². The summed E-state index contributed by atoms with van der Waals surface area (Å²) in [5.41, 5.74) is 0.536. The van der Waals surface area contributed by atoms with Crippen molar-refractivity contribution < 1.29 is 9.90 Å². The molecule has 2 heterocycles. The molecule has 0 aromatic carbocycles. The molecule has 18 heavy (non-hydrogen) atoms. The Labute approximate surface area is 103 Å². The van der Waals surface area contributed by atoms with E-state index in [0.717, 1.165) is 0 Å². The van der Waals surface area contributed by atoms with Crippen LogP contribution in [0.25, 0.3) is 5.65 Å². The zero-order valence-corrected chi connectivity index (χ0v) is 10.2. The van der Waals surface area contributed by atoms with Gasteiger partial charge in [-0.3, -0.25) is 9.78 Å². The first kappa shape index (κ1) is 12.2. The second kappa shape index (κ2) is 4.94. The van der Waals surface area contributed by atoms with Crippen molar-refractivity contribution in [2.45, 2.75) is 13.8 Å². The van der Waals surface area contributed by atoms with Gasteiger partial charge >= 0.3 is 5.97 Å². The lowest BCUT2D eigenvalue weighted by atomic mass is 10.2. The maximum absolute atomic E-state index is 10.9. The van der Waals surface area contributed by atoms with Crippen LogP contribution in [0.5, 0.6) is 0 Å². The number of aromatic nitrogens is 5. The number of aliphatic carboxylic acids is 1. The van der Waals surface area contributed by atoms with Crippen LogP contribution in [0.4, 0.5) is 5.82 Å². The largest absolute Gasteiger partial charge is 0.481 e. The number of carboxylic acids is 1. The van der Waals surface area contributed by atoms with Crippen LogP contribution in [-0.4, -0.2) is 49.2 Å². The third-order valence-electron chi connectivity index (χ3n) is 2.71. The predicted octanol–water partition coefficient (Wildman–Crippen LogP) is 0.0663. The molecule has 96 valence electrons. The fourth-order valence-electron chi connectivity index (χ4n) is 1.67. The van der Waals surface area contributed by atoms with E-state index < -0.39 is 11.9 Å². The van der Waals surface area contributed by atoms with Crippen molar-refractivity contribution in [2.75, 3.05) is 18.0 Å². The number of carboxylic acid groups (broad SMARTS) is 1. The summed E-state index contributed by atoms with van der Waals surface area (Å²) >= 11 is 0. The Morgan fingerprint density at radius 3 is 3.00 bits per heavy atom. The lowest BCUT2D eigenvalue weighted by Gasteiger charge is -2.24. The molecule has 2 aromatic rings. The van der Waals surface area contributed by atoms with Gasteiger partial charge in [0.05, 0.1) is 18.3 Å². The van der Waals surface area contributed by atoms with E-state index in [9.17, 15) is 4.79 Å². The van der Waals surface area contributed by atoms with Crippen molar-refractivity contribution in [3.05, 3.63) is 12.4 Å². The van der Waals surface area contributed by atoms with Crippen molar-refractivity contribution in [3.63, 3.8) is 0 Å². The molecule has 0 spiro atoms. The Balaban J connectivity index is 2.32. The molecule has 1 unspecified atom stereocenters. The first-order chi connectivity index (χ1) is 8.63. The summed E-state index contributed by atoms with van der Waals surface area (Å²) in [6.45, 7) is 4.64. The third kappa shape index (κ3) is 2.22. The van der Waals surface area contributed by atoms with Gasteiger partial charge in [0.15, 0.2) is 11.5 Å². The average molecular weight is 250 g/mol. The molecule has 0 bridgehead atoms. The zero-order valence-electron chi connectivity index (χ0n) is 10.2. The van der Waals surface area contributed by atoms with Gasteiger partial charge in [0.25, 0.3) is 0 Å². The minimum absolute atomic E-state index is 0.381. The van der Waals surface area contributed by atoms with Crippen LogP contribution in [0.15, 0.2) is 12.4 Å². The van der Waals surface area contributed by atoms with Crippen LogP contribution in [0, 0.1) is 5.92 Å². The highest BCUT2D eigenvalue weighted by atomic mass is 16.4. The second-order valence-electron chi connectivity index (χ2n) is 3.99. The van der Waals surface area contributed by atoms with Crippen LogP contribution in [0.1, 0.15) is 13.8 Å². The first-order valence-electron chi connectivity index (χ1n) is 5.63. The standard InChI is InChI=1S/C10H14N6O2/c1-3-15(6-7(2)10(17)18)9-5-11-4-8-12-13-14-16(8)9/h4-5,7H,3,6H2,1-2H3,(H,17,18). The highest BCUT2D eigenvalue weighted by molar-refractivity contribution is 5.70. The molecule has 0 radical (unpaired) electrons. The van der Waals surface area contributed by atoms with E-state index in [0.29, 0.717) is 24.6 Å². The van der Waals surface area contributed by atoms with Crippen molar-refractivity contribution in [3.8, 4) is 0 Å². The van der Waals surface area contributed by atoms with Crippen LogP contribution in [-0.2, 0) is 4.79 Å². The van der Waals surface area contributed by atoms with Gasteiger partial charge in [-0.25, -0.2) is 0 Å². The Morgan fingerprint density at radius 1 is 1.56 bits per heavy atom. The normalized spacial score (nSPS) is 12.6. The molecule has 0 aliphatic carbocycles. The van der Waals surface area contributed by atoms with Crippen LogP contribution in [0.2, 0.25) is 0 Å². The number of carbonyl (C=O) groups is 1. The molecular weight excluding hydrogens is 236 g/mol. The van der Waals surface area contributed by atoms with Crippen LogP contribution < -0.4 is 4.90 Å². The molecule has 8 heteroatoms. The number of hydrogen-bond acceptors (Lipinski definition) is 6. The van der Waals surface area contributed by atoms with Gasteiger partial charge in [-0.15, -0.1) is 5.10 Å². The van der Waals surface area contributed by atoms with Gasteiger partial charge in [-0.2, -0.15) is 4.52 Å². The fourth-order valence-corrected chi connectivity index (χ4v) is 1.67. The molecule has 2 rings (SSSR count). The number of anilines is 1. The molecule has 0 saturated heterocycles. The third-order valence-corrected chi connectivity index (χ3v) is 2.71. The molecule has 0 fully saturated rings. The lowest BCUT2D eigenvalue weighted by Crippen LogP contribution is -2.33. The lowest BCUT2D eigenvalue weighted by molar-refractivity contribution is -0.140. The van der Waals surface area contributed by atoms with E-state index in [1.807, 2.05) is 11.8 Å². The molecular formula is C10H14N6O2. The Kier molecular flexibility index (Phi) is 3.35. The summed E-state index contributed by atoms with van der Waals surface area (Å²) in [6.07, 6.45) is 3.18. The molecule has 2 aromatic heterocycles. The Hall–Kier alpha value is -2.25. The smallest absolute Gasteiger partial charge is 0.308 e.